The number of aryl methyl sites for hydroxylation is 1. The molecule has 0 aliphatic heterocycles. The minimum absolute atomic E-state index is 0.0694. The average molecular weight is 243 g/mol. The molecular weight excluding hydrogens is 226 g/mol. The molecule has 94 valence electrons. The second kappa shape index (κ2) is 5.04. The number of nitrogens with zero attached hydrogens (tertiary/aromatic N) is 1. The van der Waals surface area contributed by atoms with Crippen molar-refractivity contribution in [2.45, 2.75) is 26.8 Å². The summed E-state index contributed by atoms with van der Waals surface area (Å²) in [6, 6.07) is 5.61. The topological polar surface area (TPSA) is 57.8 Å². The van der Waals surface area contributed by atoms with Gasteiger partial charge >= 0.3 is 0 Å². The van der Waals surface area contributed by atoms with Crippen molar-refractivity contribution in [2.24, 2.45) is 0 Å². The summed E-state index contributed by atoms with van der Waals surface area (Å²) in [6.07, 6.45) is 3.42. The molecule has 1 aromatic heterocycles. The SMILES string of the molecule is Cc1cccc(C(=O)NC(C)c2ncc[nH]2)c1C. The maximum absolute atomic E-state index is 12.2. The van der Waals surface area contributed by atoms with Crippen LogP contribution in [-0.4, -0.2) is 15.9 Å². The molecule has 2 N–H and O–H groups in total. The monoisotopic (exact) mass is 243 g/mol. The van der Waals surface area contributed by atoms with Crippen molar-refractivity contribution in [1.82, 2.24) is 15.3 Å². The summed E-state index contributed by atoms with van der Waals surface area (Å²) < 4.78 is 0. The average Bonchev–Trinajstić information content (AvgIpc) is 2.86. The number of carbonyl (C=O) groups is 1. The van der Waals surface area contributed by atoms with E-state index in [0.29, 0.717) is 5.56 Å². The van der Waals surface area contributed by atoms with Crippen LogP contribution in [0.3, 0.4) is 0 Å². The van der Waals surface area contributed by atoms with E-state index in [1.54, 1.807) is 12.4 Å². The smallest absolute Gasteiger partial charge is 0.252 e. The van der Waals surface area contributed by atoms with Gasteiger partial charge in [0.2, 0.25) is 0 Å². The number of amides is 1. The maximum Gasteiger partial charge on any atom is 0.252 e. The molecule has 0 spiro atoms. The fourth-order valence-electron chi connectivity index (χ4n) is 1.85. The highest BCUT2D eigenvalue weighted by atomic mass is 16.1. The molecule has 4 heteroatoms. The second-order valence-corrected chi connectivity index (χ2v) is 4.42. The lowest BCUT2D eigenvalue weighted by atomic mass is 10.0. The number of rotatable bonds is 3. The number of imidazole rings is 1. The predicted molar refractivity (Wildman–Crippen MR) is 70.4 cm³/mol. The van der Waals surface area contributed by atoms with E-state index in [1.165, 1.54) is 0 Å². The van der Waals surface area contributed by atoms with Crippen LogP contribution >= 0.6 is 0 Å². The number of benzene rings is 1. The van der Waals surface area contributed by atoms with E-state index < -0.39 is 0 Å². The highest BCUT2D eigenvalue weighted by Gasteiger charge is 2.14. The van der Waals surface area contributed by atoms with Crippen molar-refractivity contribution < 1.29 is 4.79 Å². The summed E-state index contributed by atoms with van der Waals surface area (Å²) in [5, 5.41) is 2.93. The minimum Gasteiger partial charge on any atom is -0.347 e. The molecule has 1 atom stereocenters. The summed E-state index contributed by atoms with van der Waals surface area (Å²) in [5.74, 6) is 0.689. The van der Waals surface area contributed by atoms with Crippen molar-refractivity contribution in [2.75, 3.05) is 0 Å². The Hall–Kier alpha value is -2.10. The van der Waals surface area contributed by atoms with Gasteiger partial charge < -0.3 is 10.3 Å². The van der Waals surface area contributed by atoms with Gasteiger partial charge in [-0.15, -0.1) is 0 Å². The third-order valence-electron chi connectivity index (χ3n) is 3.13. The van der Waals surface area contributed by atoms with Crippen LogP contribution in [0.15, 0.2) is 30.6 Å². The summed E-state index contributed by atoms with van der Waals surface area (Å²) in [5.41, 5.74) is 2.85. The molecule has 18 heavy (non-hydrogen) atoms. The molecule has 1 unspecified atom stereocenters. The Kier molecular flexibility index (Phi) is 3.46. The Morgan fingerprint density at radius 1 is 1.39 bits per heavy atom. The Morgan fingerprint density at radius 3 is 2.83 bits per heavy atom. The van der Waals surface area contributed by atoms with E-state index in [0.717, 1.165) is 17.0 Å². The number of hydrogen-bond acceptors (Lipinski definition) is 2. The van der Waals surface area contributed by atoms with Gasteiger partial charge in [0.05, 0.1) is 6.04 Å². The van der Waals surface area contributed by atoms with E-state index in [9.17, 15) is 4.79 Å². The Labute approximate surface area is 106 Å². The van der Waals surface area contributed by atoms with Crippen molar-refractivity contribution in [1.29, 1.82) is 0 Å². The van der Waals surface area contributed by atoms with E-state index >= 15 is 0 Å². The largest absolute Gasteiger partial charge is 0.347 e. The third kappa shape index (κ3) is 2.42. The van der Waals surface area contributed by atoms with Gasteiger partial charge in [-0.25, -0.2) is 4.98 Å². The lowest BCUT2D eigenvalue weighted by Crippen LogP contribution is -2.28. The molecule has 4 nitrogen and oxygen atoms in total. The molecule has 0 aliphatic rings. The summed E-state index contributed by atoms with van der Waals surface area (Å²) in [6.45, 7) is 5.87. The zero-order valence-corrected chi connectivity index (χ0v) is 10.8. The summed E-state index contributed by atoms with van der Waals surface area (Å²) in [7, 11) is 0. The highest BCUT2D eigenvalue weighted by molar-refractivity contribution is 5.96. The van der Waals surface area contributed by atoms with Gasteiger partial charge in [0.15, 0.2) is 0 Å². The number of aromatic amines is 1. The molecule has 0 bridgehead atoms. The fraction of sp³-hybridized carbons (Fsp3) is 0.286. The van der Waals surface area contributed by atoms with Gasteiger partial charge in [0.1, 0.15) is 5.82 Å². The first-order valence-corrected chi connectivity index (χ1v) is 5.96. The Morgan fingerprint density at radius 2 is 2.17 bits per heavy atom. The van der Waals surface area contributed by atoms with Gasteiger partial charge in [-0.3, -0.25) is 4.79 Å². The molecule has 0 fully saturated rings. The molecule has 1 amide bonds. The summed E-state index contributed by atoms with van der Waals surface area (Å²) in [4.78, 5) is 19.3. The molecule has 2 rings (SSSR count). The lowest BCUT2D eigenvalue weighted by Gasteiger charge is -2.13. The van der Waals surface area contributed by atoms with Crippen LogP contribution in [0.2, 0.25) is 0 Å². The van der Waals surface area contributed by atoms with E-state index in [-0.39, 0.29) is 11.9 Å². The van der Waals surface area contributed by atoms with Crippen LogP contribution in [0.1, 0.15) is 40.3 Å². The quantitative estimate of drug-likeness (QED) is 0.870. The first kappa shape index (κ1) is 12.4. The number of aromatic nitrogens is 2. The van der Waals surface area contributed by atoms with Crippen LogP contribution in [-0.2, 0) is 0 Å². The predicted octanol–water partition coefficient (Wildman–Crippen LogP) is 2.52. The molecule has 0 aliphatic carbocycles. The van der Waals surface area contributed by atoms with Crippen LogP contribution in [0.25, 0.3) is 0 Å². The highest BCUT2D eigenvalue weighted by Crippen LogP contribution is 2.14. The Balaban J connectivity index is 2.15. The van der Waals surface area contributed by atoms with Gasteiger partial charge in [-0.2, -0.15) is 0 Å². The fourth-order valence-corrected chi connectivity index (χ4v) is 1.85. The van der Waals surface area contributed by atoms with Crippen molar-refractivity contribution in [3.63, 3.8) is 0 Å². The zero-order valence-electron chi connectivity index (χ0n) is 10.8. The van der Waals surface area contributed by atoms with Crippen LogP contribution < -0.4 is 5.32 Å². The molecule has 0 radical (unpaired) electrons. The van der Waals surface area contributed by atoms with Gasteiger partial charge in [-0.05, 0) is 38.0 Å². The molecule has 2 aromatic rings. The van der Waals surface area contributed by atoms with E-state index in [2.05, 4.69) is 15.3 Å². The first-order chi connectivity index (χ1) is 8.59. The molecule has 1 heterocycles. The Bertz CT molecular complexity index is 546. The van der Waals surface area contributed by atoms with Crippen molar-refractivity contribution >= 4 is 5.91 Å². The first-order valence-electron chi connectivity index (χ1n) is 5.96. The van der Waals surface area contributed by atoms with Crippen LogP contribution in [0.4, 0.5) is 0 Å². The van der Waals surface area contributed by atoms with Crippen molar-refractivity contribution in [3.8, 4) is 0 Å². The third-order valence-corrected chi connectivity index (χ3v) is 3.13. The van der Waals surface area contributed by atoms with Crippen LogP contribution in [0.5, 0.6) is 0 Å². The maximum atomic E-state index is 12.2. The zero-order chi connectivity index (χ0) is 13.1. The van der Waals surface area contributed by atoms with Gasteiger partial charge in [0.25, 0.3) is 5.91 Å². The minimum atomic E-state index is -0.132. The number of H-pyrrole nitrogens is 1. The number of carbonyl (C=O) groups excluding carboxylic acids is 1. The number of nitrogens with one attached hydrogen (secondary N) is 2. The van der Waals surface area contributed by atoms with Gasteiger partial charge in [-0.1, -0.05) is 12.1 Å². The van der Waals surface area contributed by atoms with Crippen molar-refractivity contribution in [3.05, 3.63) is 53.1 Å². The molecule has 0 saturated heterocycles. The molecule has 0 saturated carbocycles. The second-order valence-electron chi connectivity index (χ2n) is 4.42. The standard InChI is InChI=1S/C14H17N3O/c1-9-5-4-6-12(10(9)2)14(18)17-11(3)13-15-7-8-16-13/h4-8,11H,1-3H3,(H,15,16)(H,17,18). The molecular formula is C14H17N3O. The summed E-state index contributed by atoms with van der Waals surface area (Å²) >= 11 is 0. The molecule has 1 aromatic carbocycles. The van der Waals surface area contributed by atoms with E-state index in [1.807, 2.05) is 39.0 Å². The van der Waals surface area contributed by atoms with Gasteiger partial charge in [0, 0.05) is 18.0 Å². The van der Waals surface area contributed by atoms with E-state index in [4.69, 9.17) is 0 Å². The lowest BCUT2D eigenvalue weighted by molar-refractivity contribution is 0.0937. The van der Waals surface area contributed by atoms with Crippen LogP contribution in [0, 0.1) is 13.8 Å². The number of hydrogen-bond donors (Lipinski definition) is 2. The normalized spacial score (nSPS) is 12.2.